The summed E-state index contributed by atoms with van der Waals surface area (Å²) in [5, 5.41) is 13.8. The molecule has 1 N–H and O–H groups in total. The second-order valence-corrected chi connectivity index (χ2v) is 5.12. The van der Waals surface area contributed by atoms with Crippen molar-refractivity contribution in [1.29, 1.82) is 0 Å². The maximum atomic E-state index is 13.2. The van der Waals surface area contributed by atoms with E-state index in [9.17, 15) is 14.5 Å². The van der Waals surface area contributed by atoms with Crippen LogP contribution in [0.15, 0.2) is 18.2 Å². The third-order valence-electron chi connectivity index (χ3n) is 2.56. The number of thioether (sulfide) groups is 1. The number of nitrogens with one attached hydrogen (secondary N) is 1. The Morgan fingerprint density at radius 2 is 2.22 bits per heavy atom. The van der Waals surface area contributed by atoms with E-state index >= 15 is 0 Å². The second-order valence-electron chi connectivity index (χ2n) is 4.14. The first-order valence-electron chi connectivity index (χ1n) is 5.69. The highest BCUT2D eigenvalue weighted by molar-refractivity contribution is 7.98. The summed E-state index contributed by atoms with van der Waals surface area (Å²) in [6.07, 6.45) is 3.06. The number of nitro groups is 1. The van der Waals surface area contributed by atoms with Gasteiger partial charge in [-0.25, -0.2) is 4.39 Å². The fourth-order valence-electron chi connectivity index (χ4n) is 1.53. The number of hydrogen-bond donors (Lipinski definition) is 1. The van der Waals surface area contributed by atoms with Crippen molar-refractivity contribution in [1.82, 2.24) is 5.32 Å². The van der Waals surface area contributed by atoms with Crippen LogP contribution in [0.5, 0.6) is 0 Å². The molecule has 0 spiro atoms. The van der Waals surface area contributed by atoms with Crippen molar-refractivity contribution in [2.75, 3.05) is 12.0 Å². The highest BCUT2D eigenvalue weighted by atomic mass is 32.2. The lowest BCUT2D eigenvalue weighted by atomic mass is 10.1. The minimum absolute atomic E-state index is 0.205. The largest absolute Gasteiger partial charge is 0.310 e. The zero-order chi connectivity index (χ0) is 13.5. The monoisotopic (exact) mass is 272 g/mol. The third-order valence-corrected chi connectivity index (χ3v) is 3.21. The number of hydrogen-bond acceptors (Lipinski definition) is 4. The first kappa shape index (κ1) is 14.9. The zero-order valence-corrected chi connectivity index (χ0v) is 11.3. The van der Waals surface area contributed by atoms with Gasteiger partial charge < -0.3 is 5.32 Å². The average molecular weight is 272 g/mol. The first-order chi connectivity index (χ1) is 8.52. The molecule has 0 saturated carbocycles. The van der Waals surface area contributed by atoms with Gasteiger partial charge in [0.1, 0.15) is 5.82 Å². The van der Waals surface area contributed by atoms with E-state index in [1.165, 1.54) is 12.1 Å². The summed E-state index contributed by atoms with van der Waals surface area (Å²) in [5.41, 5.74) is 0.390. The van der Waals surface area contributed by atoms with Crippen molar-refractivity contribution in [3.63, 3.8) is 0 Å². The Hall–Kier alpha value is -1.14. The number of rotatable bonds is 7. The van der Waals surface area contributed by atoms with Gasteiger partial charge in [0.25, 0.3) is 5.69 Å². The number of halogens is 1. The molecule has 4 nitrogen and oxygen atoms in total. The highest BCUT2D eigenvalue weighted by Crippen LogP contribution is 2.16. The Labute approximate surface area is 110 Å². The summed E-state index contributed by atoms with van der Waals surface area (Å²) >= 11 is 1.77. The summed E-state index contributed by atoms with van der Waals surface area (Å²) in [4.78, 5) is 10.0. The molecule has 18 heavy (non-hydrogen) atoms. The molecular weight excluding hydrogens is 255 g/mol. The number of nitro benzene ring substituents is 1. The van der Waals surface area contributed by atoms with Crippen molar-refractivity contribution < 1.29 is 9.31 Å². The molecule has 1 rings (SSSR count). The predicted molar refractivity (Wildman–Crippen MR) is 72.4 cm³/mol. The lowest BCUT2D eigenvalue weighted by molar-refractivity contribution is -0.385. The summed E-state index contributed by atoms with van der Waals surface area (Å²) < 4.78 is 13.2. The molecule has 0 saturated heterocycles. The molecule has 1 aromatic rings. The molecule has 6 heteroatoms. The third kappa shape index (κ3) is 5.01. The Kier molecular flexibility index (Phi) is 6.07. The van der Waals surface area contributed by atoms with E-state index in [1.54, 1.807) is 11.8 Å². The standard InChI is InChI=1S/C12H17FN2O2S/c1-9(3-4-18-2)14-8-10-5-11(13)7-12(6-10)15(16)17/h5-7,9,14H,3-4,8H2,1-2H3. The van der Waals surface area contributed by atoms with Gasteiger partial charge in [-0.1, -0.05) is 0 Å². The van der Waals surface area contributed by atoms with E-state index in [0.717, 1.165) is 18.2 Å². The van der Waals surface area contributed by atoms with E-state index in [1.807, 2.05) is 13.2 Å². The van der Waals surface area contributed by atoms with Crippen molar-refractivity contribution in [3.05, 3.63) is 39.7 Å². The molecule has 0 amide bonds. The molecule has 0 bridgehead atoms. The molecule has 0 aliphatic heterocycles. The van der Waals surface area contributed by atoms with E-state index in [2.05, 4.69) is 5.32 Å². The Balaban J connectivity index is 2.59. The van der Waals surface area contributed by atoms with Crippen LogP contribution in [0.2, 0.25) is 0 Å². The minimum atomic E-state index is -0.580. The van der Waals surface area contributed by atoms with Gasteiger partial charge in [0.15, 0.2) is 0 Å². The normalized spacial score (nSPS) is 12.4. The quantitative estimate of drug-likeness (QED) is 0.612. The lowest BCUT2D eigenvalue weighted by Gasteiger charge is -2.13. The maximum Gasteiger partial charge on any atom is 0.272 e. The van der Waals surface area contributed by atoms with Gasteiger partial charge >= 0.3 is 0 Å². The van der Waals surface area contributed by atoms with Gasteiger partial charge in [0, 0.05) is 18.7 Å². The van der Waals surface area contributed by atoms with Crippen LogP contribution in [-0.4, -0.2) is 23.0 Å². The molecule has 0 aliphatic carbocycles. The fraction of sp³-hybridized carbons (Fsp3) is 0.500. The van der Waals surface area contributed by atoms with Crippen LogP contribution >= 0.6 is 11.8 Å². The number of benzene rings is 1. The van der Waals surface area contributed by atoms with E-state index in [-0.39, 0.29) is 5.69 Å². The average Bonchev–Trinajstić information content (AvgIpc) is 2.33. The van der Waals surface area contributed by atoms with Gasteiger partial charge in [0.05, 0.1) is 11.0 Å². The Bertz CT molecular complexity index is 415. The SMILES string of the molecule is CSCCC(C)NCc1cc(F)cc([N+](=O)[O-])c1. The molecule has 1 atom stereocenters. The molecule has 0 fully saturated rings. The summed E-state index contributed by atoms with van der Waals surface area (Å²) in [6, 6.07) is 3.96. The molecular formula is C12H17FN2O2S. The van der Waals surface area contributed by atoms with Crippen LogP contribution in [0.1, 0.15) is 18.9 Å². The molecule has 0 radical (unpaired) electrons. The number of non-ortho nitro benzene ring substituents is 1. The Morgan fingerprint density at radius 3 is 2.83 bits per heavy atom. The molecule has 1 aromatic carbocycles. The van der Waals surface area contributed by atoms with Gasteiger partial charge in [-0.2, -0.15) is 11.8 Å². The van der Waals surface area contributed by atoms with Gasteiger partial charge in [0.2, 0.25) is 0 Å². The first-order valence-corrected chi connectivity index (χ1v) is 7.08. The zero-order valence-electron chi connectivity index (χ0n) is 10.5. The number of nitrogens with zero attached hydrogens (tertiary/aromatic N) is 1. The molecule has 100 valence electrons. The summed E-state index contributed by atoms with van der Waals surface area (Å²) in [5.74, 6) is 0.482. The van der Waals surface area contributed by atoms with Crippen LogP contribution in [0.25, 0.3) is 0 Å². The second kappa shape index (κ2) is 7.33. The van der Waals surface area contributed by atoms with Crippen molar-refractivity contribution in [2.45, 2.75) is 25.9 Å². The summed E-state index contributed by atoms with van der Waals surface area (Å²) in [7, 11) is 0. The lowest BCUT2D eigenvalue weighted by Crippen LogP contribution is -2.26. The smallest absolute Gasteiger partial charge is 0.272 e. The molecule has 1 unspecified atom stereocenters. The molecule has 0 heterocycles. The van der Waals surface area contributed by atoms with Crippen molar-refractivity contribution in [3.8, 4) is 0 Å². The van der Waals surface area contributed by atoms with Crippen LogP contribution < -0.4 is 5.32 Å². The summed E-state index contributed by atoms with van der Waals surface area (Å²) in [6.45, 7) is 2.48. The van der Waals surface area contributed by atoms with E-state index < -0.39 is 10.7 Å². The van der Waals surface area contributed by atoms with Gasteiger partial charge in [-0.15, -0.1) is 0 Å². The molecule has 0 aromatic heterocycles. The van der Waals surface area contributed by atoms with Crippen LogP contribution in [-0.2, 0) is 6.54 Å². The van der Waals surface area contributed by atoms with E-state index in [4.69, 9.17) is 0 Å². The minimum Gasteiger partial charge on any atom is -0.310 e. The van der Waals surface area contributed by atoms with Gasteiger partial charge in [-0.05, 0) is 37.0 Å². The van der Waals surface area contributed by atoms with Crippen molar-refractivity contribution in [2.24, 2.45) is 0 Å². The van der Waals surface area contributed by atoms with Crippen LogP contribution in [0, 0.1) is 15.9 Å². The Morgan fingerprint density at radius 1 is 1.50 bits per heavy atom. The van der Waals surface area contributed by atoms with Crippen LogP contribution in [0.3, 0.4) is 0 Å². The maximum absolute atomic E-state index is 13.2. The van der Waals surface area contributed by atoms with E-state index in [0.29, 0.717) is 18.2 Å². The van der Waals surface area contributed by atoms with Crippen LogP contribution in [0.4, 0.5) is 10.1 Å². The fourth-order valence-corrected chi connectivity index (χ4v) is 2.12. The van der Waals surface area contributed by atoms with Gasteiger partial charge in [-0.3, -0.25) is 10.1 Å². The predicted octanol–water partition coefficient (Wildman–Crippen LogP) is 2.97. The van der Waals surface area contributed by atoms with Crippen molar-refractivity contribution >= 4 is 17.4 Å². The highest BCUT2D eigenvalue weighted by Gasteiger charge is 2.10. The topological polar surface area (TPSA) is 55.2 Å². The molecule has 0 aliphatic rings.